The number of phenolic OH excluding ortho intramolecular Hbond substituents is 1. The number of non-ortho nitro benzene ring substituents is 1. The minimum Gasteiger partial charge on any atom is -0.504 e. The zero-order valence-electron chi connectivity index (χ0n) is 24.1. The molecule has 2 aliphatic heterocycles. The minimum absolute atomic E-state index is 0.0721. The van der Waals surface area contributed by atoms with Crippen molar-refractivity contribution >= 4 is 11.6 Å². The number of rotatable bonds is 6. The molecule has 10 heteroatoms. The van der Waals surface area contributed by atoms with Crippen LogP contribution in [0.25, 0.3) is 11.1 Å². The van der Waals surface area contributed by atoms with Crippen LogP contribution in [0, 0.1) is 16.0 Å². The van der Waals surface area contributed by atoms with E-state index >= 15 is 0 Å². The summed E-state index contributed by atoms with van der Waals surface area (Å²) >= 11 is 0. The third-order valence-corrected chi connectivity index (χ3v) is 9.99. The summed E-state index contributed by atoms with van der Waals surface area (Å²) < 4.78 is 11.6. The van der Waals surface area contributed by atoms with E-state index in [1.165, 1.54) is 12.1 Å². The number of aromatic hydroxyl groups is 1. The number of nitrogens with one attached hydrogen (secondary N) is 1. The summed E-state index contributed by atoms with van der Waals surface area (Å²) in [7, 11) is 3.68. The third-order valence-electron chi connectivity index (χ3n) is 9.99. The zero-order valence-corrected chi connectivity index (χ0v) is 24.1. The van der Waals surface area contributed by atoms with E-state index in [-0.39, 0.29) is 29.0 Å². The number of hydrogen-bond donors (Lipinski definition) is 3. The molecule has 3 aromatic rings. The first kappa shape index (κ1) is 27.4. The monoisotopic (exact) mass is 583 g/mol. The number of carbonyl (C=O) groups excluding carboxylic acids is 1. The molecule has 1 unspecified atom stereocenters. The highest BCUT2D eigenvalue weighted by Crippen LogP contribution is 2.63. The molecule has 0 saturated carbocycles. The minimum atomic E-state index is -0.818. The van der Waals surface area contributed by atoms with Crippen molar-refractivity contribution in [1.82, 2.24) is 10.2 Å². The van der Waals surface area contributed by atoms with Gasteiger partial charge in [-0.15, -0.1) is 0 Å². The number of ether oxygens (including phenoxy) is 2. The van der Waals surface area contributed by atoms with Crippen LogP contribution in [-0.2, 0) is 11.8 Å². The quantitative estimate of drug-likeness (QED) is 0.223. The van der Waals surface area contributed by atoms with Crippen molar-refractivity contribution in [2.24, 2.45) is 5.92 Å². The molecular formula is C33H33N3O7. The average Bonchev–Trinajstić information content (AvgIpc) is 3.36. The Morgan fingerprint density at radius 1 is 1.19 bits per heavy atom. The molecule has 1 spiro atoms. The number of nitro benzene ring substituents is 1. The van der Waals surface area contributed by atoms with Gasteiger partial charge in [-0.3, -0.25) is 14.9 Å². The lowest BCUT2D eigenvalue weighted by atomic mass is 9.53. The lowest BCUT2D eigenvalue weighted by molar-refractivity contribution is -0.384. The van der Waals surface area contributed by atoms with Crippen molar-refractivity contribution < 1.29 is 29.4 Å². The molecule has 10 nitrogen and oxygen atoms in total. The largest absolute Gasteiger partial charge is 0.504 e. The number of aliphatic hydroxyl groups excluding tert-OH is 1. The van der Waals surface area contributed by atoms with E-state index in [0.29, 0.717) is 29.0 Å². The van der Waals surface area contributed by atoms with Crippen molar-refractivity contribution in [3.63, 3.8) is 0 Å². The fourth-order valence-electron chi connectivity index (χ4n) is 7.88. The average molecular weight is 584 g/mol. The second-order valence-corrected chi connectivity index (χ2v) is 12.1. The molecule has 3 aromatic carbocycles. The van der Waals surface area contributed by atoms with Crippen LogP contribution < -0.4 is 14.8 Å². The Hall–Kier alpha value is -4.41. The topological polar surface area (TPSA) is 134 Å². The number of carbonyl (C=O) groups is 1. The molecule has 43 heavy (non-hydrogen) atoms. The standard InChI is InChI=1S/C33H33N3O7/c1-17(18-4-7-20(42-3)8-5-18)34-32(39)24-14-19(36(40)41)6-9-21(24)22-16-28(38)30-29-23(22)15-26-25-10-11-27(37)31(43-30)33(25,29)12-13-35(26)2/h4-11,14,16-17,25-27,31,37-38H,12-13,15H2,1-3H3,(H,34,39)/t17?,25-,26+,27-,31-,33-/m0/s1. The van der Waals surface area contributed by atoms with E-state index in [1.54, 1.807) is 25.3 Å². The number of nitrogens with zero attached hydrogens (tertiary/aromatic N) is 2. The highest BCUT2D eigenvalue weighted by Gasteiger charge is 2.64. The molecule has 3 N–H and O–H groups in total. The normalized spacial score (nSPS) is 27.2. The first-order valence-electron chi connectivity index (χ1n) is 14.5. The number of phenols is 1. The van der Waals surface area contributed by atoms with Gasteiger partial charge in [0, 0.05) is 35.1 Å². The van der Waals surface area contributed by atoms with Gasteiger partial charge in [-0.25, -0.2) is 0 Å². The summed E-state index contributed by atoms with van der Waals surface area (Å²) in [6.45, 7) is 2.66. The van der Waals surface area contributed by atoms with E-state index in [4.69, 9.17) is 9.47 Å². The number of aliphatic hydroxyl groups is 1. The Bertz CT molecular complexity index is 1690. The molecule has 222 valence electrons. The summed E-state index contributed by atoms with van der Waals surface area (Å²) in [6.07, 6.45) is 3.93. The smallest absolute Gasteiger partial charge is 0.270 e. The number of likely N-dealkylation sites (N-methyl/N-ethyl adjacent to an activating group) is 1. The van der Waals surface area contributed by atoms with Crippen molar-refractivity contribution in [1.29, 1.82) is 0 Å². The maximum absolute atomic E-state index is 13.9. The Balaban J connectivity index is 1.37. The molecule has 4 aliphatic rings. The Labute approximate surface area is 248 Å². The Morgan fingerprint density at radius 3 is 2.67 bits per heavy atom. The number of nitro groups is 1. The van der Waals surface area contributed by atoms with Crippen molar-refractivity contribution in [3.8, 4) is 28.4 Å². The summed E-state index contributed by atoms with van der Waals surface area (Å²) in [5, 5.41) is 37.1. The number of benzene rings is 3. The molecule has 1 amide bonds. The van der Waals surface area contributed by atoms with Gasteiger partial charge in [0.1, 0.15) is 18.0 Å². The van der Waals surface area contributed by atoms with Gasteiger partial charge < -0.3 is 29.9 Å². The van der Waals surface area contributed by atoms with Crippen molar-refractivity contribution in [3.05, 3.63) is 93.1 Å². The molecule has 1 fully saturated rings. The molecule has 0 radical (unpaired) electrons. The van der Waals surface area contributed by atoms with Crippen LogP contribution >= 0.6 is 0 Å². The van der Waals surface area contributed by atoms with E-state index in [9.17, 15) is 25.1 Å². The summed E-state index contributed by atoms with van der Waals surface area (Å²) in [5.41, 5.74) is 3.22. The van der Waals surface area contributed by atoms with Gasteiger partial charge in [-0.1, -0.05) is 24.3 Å². The molecule has 6 atom stereocenters. The Morgan fingerprint density at radius 2 is 1.95 bits per heavy atom. The highest BCUT2D eigenvalue weighted by atomic mass is 16.6. The summed E-state index contributed by atoms with van der Waals surface area (Å²) in [4.78, 5) is 27.5. The molecular weight excluding hydrogens is 550 g/mol. The maximum atomic E-state index is 13.9. The van der Waals surface area contributed by atoms with Crippen LogP contribution in [0.15, 0.2) is 60.7 Å². The van der Waals surface area contributed by atoms with Gasteiger partial charge in [-0.05, 0) is 79.9 Å². The number of piperidine rings is 1. The maximum Gasteiger partial charge on any atom is 0.270 e. The van der Waals surface area contributed by atoms with Crippen molar-refractivity contribution in [2.75, 3.05) is 20.7 Å². The lowest BCUT2D eigenvalue weighted by Crippen LogP contribution is -2.64. The lowest BCUT2D eigenvalue weighted by Gasteiger charge is -2.56. The SMILES string of the molecule is COc1ccc(C(C)NC(=O)c2cc([N+](=O)[O-])ccc2-c2cc(O)c3c4c2C[C@@H]2[C@@H]5C=C[C@H](O)[C@H](O3)[C@]45CCN2C)cc1. The molecule has 2 bridgehead atoms. The molecule has 0 aromatic heterocycles. The molecule has 1 saturated heterocycles. The Kier molecular flexibility index (Phi) is 6.26. The van der Waals surface area contributed by atoms with Gasteiger partial charge >= 0.3 is 0 Å². The second kappa shape index (κ2) is 9.82. The van der Waals surface area contributed by atoms with E-state index in [1.807, 2.05) is 31.2 Å². The number of hydrogen-bond acceptors (Lipinski definition) is 8. The number of methoxy groups -OCH3 is 1. The van der Waals surface area contributed by atoms with Crippen LogP contribution in [0.5, 0.6) is 17.2 Å². The number of amides is 1. The van der Waals surface area contributed by atoms with E-state index in [0.717, 1.165) is 29.7 Å². The van der Waals surface area contributed by atoms with Crippen LogP contribution in [0.4, 0.5) is 5.69 Å². The predicted octanol–water partition coefficient (Wildman–Crippen LogP) is 4.27. The van der Waals surface area contributed by atoms with Crippen molar-refractivity contribution in [2.45, 2.75) is 49.5 Å². The van der Waals surface area contributed by atoms with Crippen LogP contribution in [0.1, 0.15) is 46.4 Å². The fraction of sp³-hybridized carbons (Fsp3) is 0.364. The van der Waals surface area contributed by atoms with Gasteiger partial charge in [0.15, 0.2) is 11.5 Å². The molecule has 2 aliphatic carbocycles. The van der Waals surface area contributed by atoms with Gasteiger partial charge in [0.25, 0.3) is 11.6 Å². The van der Waals surface area contributed by atoms with Gasteiger partial charge in [0.05, 0.1) is 23.6 Å². The van der Waals surface area contributed by atoms with Gasteiger partial charge in [0.2, 0.25) is 0 Å². The van der Waals surface area contributed by atoms with E-state index < -0.39 is 34.5 Å². The van der Waals surface area contributed by atoms with Crippen LogP contribution in [-0.4, -0.2) is 64.9 Å². The third kappa shape index (κ3) is 3.96. The van der Waals surface area contributed by atoms with Crippen LogP contribution in [0.3, 0.4) is 0 Å². The van der Waals surface area contributed by atoms with Gasteiger partial charge in [-0.2, -0.15) is 0 Å². The first-order valence-corrected chi connectivity index (χ1v) is 14.5. The fourth-order valence-corrected chi connectivity index (χ4v) is 7.88. The zero-order chi connectivity index (χ0) is 30.2. The molecule has 7 rings (SSSR count). The van der Waals surface area contributed by atoms with E-state index in [2.05, 4.69) is 23.3 Å². The molecule has 2 heterocycles. The summed E-state index contributed by atoms with van der Waals surface area (Å²) in [5.74, 6) is 0.632. The first-order chi connectivity index (χ1) is 20.6. The highest BCUT2D eigenvalue weighted by molar-refractivity contribution is 6.02. The second-order valence-electron chi connectivity index (χ2n) is 12.1. The van der Waals surface area contributed by atoms with Crippen LogP contribution in [0.2, 0.25) is 0 Å². The summed E-state index contributed by atoms with van der Waals surface area (Å²) in [6, 6.07) is 12.9. The number of likely N-dealkylation sites (tertiary alicyclic amines) is 1. The predicted molar refractivity (Wildman–Crippen MR) is 159 cm³/mol.